The van der Waals surface area contributed by atoms with Gasteiger partial charge in [-0.25, -0.2) is 4.98 Å². The number of aromatic nitrogens is 1. The van der Waals surface area contributed by atoms with Crippen molar-refractivity contribution in [2.75, 3.05) is 13.7 Å². The molecule has 0 unspecified atom stereocenters. The second kappa shape index (κ2) is 8.94. The zero-order chi connectivity index (χ0) is 21.1. The van der Waals surface area contributed by atoms with Gasteiger partial charge in [-0.2, -0.15) is 0 Å². The average Bonchev–Trinajstić information content (AvgIpc) is 2.78. The Morgan fingerprint density at radius 3 is 2.60 bits per heavy atom. The van der Waals surface area contributed by atoms with E-state index < -0.39 is 0 Å². The van der Waals surface area contributed by atoms with Gasteiger partial charge in [0.25, 0.3) is 5.91 Å². The Morgan fingerprint density at radius 1 is 1.10 bits per heavy atom. The summed E-state index contributed by atoms with van der Waals surface area (Å²) >= 11 is 12.1. The number of carbonyl (C=O) groups excluding carboxylic acids is 1. The third-order valence-electron chi connectivity index (χ3n) is 5.15. The molecule has 2 aromatic carbocycles. The first-order valence-corrected chi connectivity index (χ1v) is 10.3. The minimum atomic E-state index is -0.147. The highest BCUT2D eigenvalue weighted by atomic mass is 35.5. The largest absolute Gasteiger partial charge is 0.495 e. The van der Waals surface area contributed by atoms with Crippen LogP contribution in [0.4, 0.5) is 0 Å². The van der Waals surface area contributed by atoms with E-state index in [-0.39, 0.29) is 11.9 Å². The van der Waals surface area contributed by atoms with E-state index in [1.54, 1.807) is 43.6 Å². The molecule has 4 rings (SSSR count). The predicted octanol–water partition coefficient (Wildman–Crippen LogP) is 5.04. The maximum Gasteiger partial charge on any atom is 0.254 e. The molecule has 7 heteroatoms. The van der Waals surface area contributed by atoms with Crippen LogP contribution in [0.3, 0.4) is 0 Å². The van der Waals surface area contributed by atoms with Gasteiger partial charge in [-0.05, 0) is 41.8 Å². The SMILES string of the molecule is COc1ccc(OC[C@@H]2Cc3ccccc3CN2C(=O)c2ccc(Cl)c(Cl)c2)nc1. The van der Waals surface area contributed by atoms with E-state index in [0.29, 0.717) is 46.8 Å². The van der Waals surface area contributed by atoms with Gasteiger partial charge in [0.05, 0.1) is 29.4 Å². The molecule has 3 aromatic rings. The van der Waals surface area contributed by atoms with Crippen LogP contribution in [0.5, 0.6) is 11.6 Å². The van der Waals surface area contributed by atoms with E-state index in [1.807, 2.05) is 23.1 Å². The van der Waals surface area contributed by atoms with Crippen LogP contribution in [-0.4, -0.2) is 35.5 Å². The summed E-state index contributed by atoms with van der Waals surface area (Å²) in [5.74, 6) is 1.03. The van der Waals surface area contributed by atoms with Crippen LogP contribution in [0.25, 0.3) is 0 Å². The Balaban J connectivity index is 1.57. The zero-order valence-corrected chi connectivity index (χ0v) is 17.9. The predicted molar refractivity (Wildman–Crippen MR) is 117 cm³/mol. The summed E-state index contributed by atoms with van der Waals surface area (Å²) in [6.07, 6.45) is 2.30. The number of hydrogen-bond acceptors (Lipinski definition) is 4. The van der Waals surface area contributed by atoms with Crippen molar-refractivity contribution in [3.63, 3.8) is 0 Å². The van der Waals surface area contributed by atoms with E-state index >= 15 is 0 Å². The summed E-state index contributed by atoms with van der Waals surface area (Å²) in [6.45, 7) is 0.819. The molecule has 0 aliphatic carbocycles. The van der Waals surface area contributed by atoms with Crippen molar-refractivity contribution >= 4 is 29.1 Å². The summed E-state index contributed by atoms with van der Waals surface area (Å²) < 4.78 is 11.0. The fraction of sp³-hybridized carbons (Fsp3) is 0.217. The molecular weight excluding hydrogens is 423 g/mol. The summed E-state index contributed by atoms with van der Waals surface area (Å²) in [6, 6.07) is 16.5. The summed E-state index contributed by atoms with van der Waals surface area (Å²) in [5, 5.41) is 0.776. The number of amides is 1. The fourth-order valence-electron chi connectivity index (χ4n) is 3.52. The maximum atomic E-state index is 13.3. The van der Waals surface area contributed by atoms with Crippen molar-refractivity contribution in [2.24, 2.45) is 0 Å². The van der Waals surface area contributed by atoms with Crippen LogP contribution in [0.15, 0.2) is 60.8 Å². The molecule has 30 heavy (non-hydrogen) atoms. The first-order valence-electron chi connectivity index (χ1n) is 9.51. The first-order chi connectivity index (χ1) is 14.5. The molecule has 5 nitrogen and oxygen atoms in total. The van der Waals surface area contributed by atoms with Gasteiger partial charge in [0, 0.05) is 18.2 Å². The summed E-state index contributed by atoms with van der Waals surface area (Å²) in [7, 11) is 1.59. The van der Waals surface area contributed by atoms with Gasteiger partial charge in [-0.3, -0.25) is 4.79 Å². The molecule has 0 N–H and O–H groups in total. The molecule has 2 heterocycles. The maximum absolute atomic E-state index is 13.3. The van der Waals surface area contributed by atoms with Crippen LogP contribution in [0.1, 0.15) is 21.5 Å². The van der Waals surface area contributed by atoms with Gasteiger partial charge in [0.1, 0.15) is 12.4 Å². The minimum absolute atomic E-state index is 0.112. The number of rotatable bonds is 5. The molecule has 1 aromatic heterocycles. The molecule has 0 bridgehead atoms. The first kappa shape index (κ1) is 20.5. The Kier molecular flexibility index (Phi) is 6.11. The third-order valence-corrected chi connectivity index (χ3v) is 5.89. The van der Waals surface area contributed by atoms with Crippen LogP contribution in [-0.2, 0) is 13.0 Å². The van der Waals surface area contributed by atoms with Gasteiger partial charge in [-0.15, -0.1) is 0 Å². The quantitative estimate of drug-likeness (QED) is 0.554. The topological polar surface area (TPSA) is 51.7 Å². The molecule has 0 saturated carbocycles. The number of nitrogens with zero attached hydrogens (tertiary/aromatic N) is 2. The van der Waals surface area contributed by atoms with Crippen molar-refractivity contribution in [3.05, 3.63) is 87.5 Å². The Morgan fingerprint density at radius 2 is 1.90 bits per heavy atom. The van der Waals surface area contributed by atoms with E-state index in [4.69, 9.17) is 32.7 Å². The van der Waals surface area contributed by atoms with Crippen molar-refractivity contribution in [2.45, 2.75) is 19.0 Å². The molecule has 0 saturated heterocycles. The van der Waals surface area contributed by atoms with E-state index in [2.05, 4.69) is 11.1 Å². The molecule has 1 aliphatic rings. The summed E-state index contributed by atoms with van der Waals surface area (Å²) in [4.78, 5) is 19.4. The summed E-state index contributed by atoms with van der Waals surface area (Å²) in [5.41, 5.74) is 2.84. The molecule has 1 amide bonds. The number of pyridine rings is 1. The third kappa shape index (κ3) is 4.37. The van der Waals surface area contributed by atoms with Crippen LogP contribution in [0.2, 0.25) is 10.0 Å². The number of fused-ring (bicyclic) bond motifs is 1. The number of carbonyl (C=O) groups is 1. The smallest absolute Gasteiger partial charge is 0.254 e. The van der Waals surface area contributed by atoms with Gasteiger partial charge in [-0.1, -0.05) is 47.5 Å². The van der Waals surface area contributed by atoms with Crippen molar-refractivity contribution in [1.29, 1.82) is 0 Å². The second-order valence-corrected chi connectivity index (χ2v) is 7.85. The minimum Gasteiger partial charge on any atom is -0.495 e. The molecular formula is C23H20Cl2N2O3. The van der Waals surface area contributed by atoms with Gasteiger partial charge in [0.15, 0.2) is 0 Å². The molecule has 0 radical (unpaired) electrons. The molecule has 154 valence electrons. The van der Waals surface area contributed by atoms with Gasteiger partial charge in [0.2, 0.25) is 5.88 Å². The monoisotopic (exact) mass is 442 g/mol. The van der Waals surface area contributed by atoms with E-state index in [1.165, 1.54) is 5.56 Å². The number of halogens is 2. The number of benzene rings is 2. The van der Waals surface area contributed by atoms with Crippen LogP contribution >= 0.6 is 23.2 Å². The highest BCUT2D eigenvalue weighted by Gasteiger charge is 2.31. The second-order valence-electron chi connectivity index (χ2n) is 7.04. The lowest BCUT2D eigenvalue weighted by molar-refractivity contribution is 0.0562. The molecule has 1 aliphatic heterocycles. The number of hydrogen-bond donors (Lipinski definition) is 0. The standard InChI is InChI=1S/C23H20Cl2N2O3/c1-29-19-7-9-22(26-12-19)30-14-18-10-15-4-2-3-5-17(15)13-27(18)23(28)16-6-8-20(24)21(25)11-16/h2-9,11-12,18H,10,13-14H2,1H3/t18-/m0/s1. The molecule has 1 atom stereocenters. The Hall–Kier alpha value is -2.76. The number of ether oxygens (including phenoxy) is 2. The van der Waals surface area contributed by atoms with Gasteiger partial charge >= 0.3 is 0 Å². The zero-order valence-electron chi connectivity index (χ0n) is 16.3. The Bertz CT molecular complexity index is 1060. The average molecular weight is 443 g/mol. The lowest BCUT2D eigenvalue weighted by Crippen LogP contribution is -2.47. The van der Waals surface area contributed by atoms with E-state index in [9.17, 15) is 4.79 Å². The van der Waals surface area contributed by atoms with Crippen molar-refractivity contribution < 1.29 is 14.3 Å². The molecule has 0 spiro atoms. The van der Waals surface area contributed by atoms with Gasteiger partial charge < -0.3 is 14.4 Å². The van der Waals surface area contributed by atoms with Crippen molar-refractivity contribution in [1.82, 2.24) is 9.88 Å². The van der Waals surface area contributed by atoms with Crippen LogP contribution < -0.4 is 9.47 Å². The lowest BCUT2D eigenvalue weighted by atomic mass is 9.93. The lowest BCUT2D eigenvalue weighted by Gasteiger charge is -2.36. The fourth-order valence-corrected chi connectivity index (χ4v) is 3.82. The number of methoxy groups -OCH3 is 1. The molecule has 0 fully saturated rings. The van der Waals surface area contributed by atoms with Crippen LogP contribution in [0, 0.1) is 0 Å². The highest BCUT2D eigenvalue weighted by Crippen LogP contribution is 2.28. The van der Waals surface area contributed by atoms with E-state index in [0.717, 1.165) is 5.56 Å². The highest BCUT2D eigenvalue weighted by molar-refractivity contribution is 6.42. The normalized spacial score (nSPS) is 15.4. The Labute approximate surface area is 185 Å². The van der Waals surface area contributed by atoms with Crippen molar-refractivity contribution in [3.8, 4) is 11.6 Å².